The van der Waals surface area contributed by atoms with Gasteiger partial charge in [-0.15, -0.1) is 24.0 Å². The van der Waals surface area contributed by atoms with Crippen LogP contribution in [0.5, 0.6) is 0 Å². The van der Waals surface area contributed by atoms with E-state index in [0.29, 0.717) is 26.3 Å². The number of benzene rings is 2. The van der Waals surface area contributed by atoms with Crippen molar-refractivity contribution in [3.05, 3.63) is 65.5 Å². The maximum absolute atomic E-state index is 13.4. The Balaban J connectivity index is 0.00000341. The number of morpholine rings is 1. The molecule has 170 valence electrons. The number of nitrogens with one attached hydrogen (secondary N) is 2. The molecule has 1 heterocycles. The van der Waals surface area contributed by atoms with Crippen LogP contribution in [0, 0.1) is 5.82 Å². The van der Waals surface area contributed by atoms with E-state index in [1.54, 1.807) is 7.05 Å². The summed E-state index contributed by atoms with van der Waals surface area (Å²) in [6.45, 7) is 4.49. The number of aliphatic imine (C=N–C) groups is 1. The molecule has 0 amide bonds. The van der Waals surface area contributed by atoms with Gasteiger partial charge in [0.1, 0.15) is 5.82 Å². The van der Waals surface area contributed by atoms with Gasteiger partial charge in [0, 0.05) is 53.0 Å². The maximum Gasteiger partial charge on any atom is 0.191 e. The molecule has 1 saturated heterocycles. The molecule has 3 rings (SSSR count). The molecule has 2 N–H and O–H groups in total. The summed E-state index contributed by atoms with van der Waals surface area (Å²) < 4.78 is 18.9. The molecule has 31 heavy (non-hydrogen) atoms. The van der Waals surface area contributed by atoms with Crippen LogP contribution in [-0.2, 0) is 11.3 Å². The Morgan fingerprint density at radius 3 is 2.48 bits per heavy atom. The molecule has 1 atom stereocenters. The summed E-state index contributed by atoms with van der Waals surface area (Å²) in [4.78, 5) is 8.83. The predicted octanol–water partition coefficient (Wildman–Crippen LogP) is 3.25. The van der Waals surface area contributed by atoms with E-state index in [1.165, 1.54) is 23.4 Å². The monoisotopic (exact) mass is 541 g/mol. The van der Waals surface area contributed by atoms with Gasteiger partial charge < -0.3 is 20.3 Å². The van der Waals surface area contributed by atoms with Gasteiger partial charge in [-0.25, -0.2) is 4.39 Å². The van der Waals surface area contributed by atoms with Crippen LogP contribution in [0.3, 0.4) is 0 Å². The van der Waals surface area contributed by atoms with Crippen LogP contribution >= 0.6 is 24.0 Å². The molecule has 6 nitrogen and oxygen atoms in total. The summed E-state index contributed by atoms with van der Waals surface area (Å²) in [5.74, 6) is 0.524. The highest BCUT2D eigenvalue weighted by Crippen LogP contribution is 2.21. The molecule has 2 aromatic rings. The van der Waals surface area contributed by atoms with Crippen LogP contribution < -0.4 is 15.5 Å². The van der Waals surface area contributed by atoms with Crippen molar-refractivity contribution < 1.29 is 9.13 Å². The molecule has 0 bridgehead atoms. The molecule has 8 heteroatoms. The fourth-order valence-electron chi connectivity index (χ4n) is 3.58. The highest BCUT2D eigenvalue weighted by atomic mass is 127. The molecule has 2 aromatic carbocycles. The molecule has 0 radical (unpaired) electrons. The summed E-state index contributed by atoms with van der Waals surface area (Å²) in [5.41, 5.74) is 3.44. The zero-order chi connectivity index (χ0) is 21.3. The maximum atomic E-state index is 13.4. The van der Waals surface area contributed by atoms with Crippen LogP contribution in [0.25, 0.3) is 0 Å². The quantitative estimate of drug-likeness (QED) is 0.321. The summed E-state index contributed by atoms with van der Waals surface area (Å²) in [7, 11) is 5.84. The third kappa shape index (κ3) is 7.62. The topological polar surface area (TPSA) is 52.1 Å². The number of nitrogens with zero attached hydrogens (tertiary/aromatic N) is 3. The highest BCUT2D eigenvalue weighted by molar-refractivity contribution is 14.0. The number of ether oxygens (including phenoxy) is 1. The van der Waals surface area contributed by atoms with Crippen molar-refractivity contribution in [2.45, 2.75) is 12.6 Å². The van der Waals surface area contributed by atoms with E-state index < -0.39 is 0 Å². The summed E-state index contributed by atoms with van der Waals surface area (Å²) in [5, 5.41) is 6.83. The normalized spacial score (nSPS) is 15.7. The van der Waals surface area contributed by atoms with E-state index in [9.17, 15) is 4.39 Å². The van der Waals surface area contributed by atoms with E-state index in [-0.39, 0.29) is 35.8 Å². The van der Waals surface area contributed by atoms with Crippen molar-refractivity contribution in [3.63, 3.8) is 0 Å². The van der Waals surface area contributed by atoms with Crippen LogP contribution in [0.2, 0.25) is 0 Å². The van der Waals surface area contributed by atoms with Crippen molar-refractivity contribution >= 4 is 35.6 Å². The second-order valence-electron chi connectivity index (χ2n) is 7.59. The average Bonchev–Trinajstić information content (AvgIpc) is 2.78. The standard InChI is InChI=1S/C23H32FN5O.HI/c1-25-23(26-16-18-5-4-6-21(15-18)28(2)3)27-17-22(29-11-13-30-14-12-29)19-7-9-20(24)10-8-19;/h4-10,15,22H,11-14,16-17H2,1-3H3,(H2,25,26,27);1H. The zero-order valence-electron chi connectivity index (χ0n) is 18.5. The van der Waals surface area contributed by atoms with Crippen LogP contribution in [0.15, 0.2) is 53.5 Å². The van der Waals surface area contributed by atoms with Gasteiger partial charge in [-0.1, -0.05) is 24.3 Å². The summed E-state index contributed by atoms with van der Waals surface area (Å²) >= 11 is 0. The van der Waals surface area contributed by atoms with Gasteiger partial charge in [0.15, 0.2) is 5.96 Å². The molecule has 1 aliphatic heterocycles. The minimum Gasteiger partial charge on any atom is -0.379 e. The van der Waals surface area contributed by atoms with E-state index in [1.807, 2.05) is 26.2 Å². The van der Waals surface area contributed by atoms with Gasteiger partial charge in [0.25, 0.3) is 0 Å². The van der Waals surface area contributed by atoms with Crippen molar-refractivity contribution in [1.82, 2.24) is 15.5 Å². The smallest absolute Gasteiger partial charge is 0.191 e. The molecule has 0 spiro atoms. The zero-order valence-corrected chi connectivity index (χ0v) is 20.8. The van der Waals surface area contributed by atoms with Gasteiger partial charge in [-0.3, -0.25) is 9.89 Å². The Bertz CT molecular complexity index is 825. The Kier molecular flexibility index (Phi) is 10.5. The second-order valence-corrected chi connectivity index (χ2v) is 7.59. The Labute approximate surface area is 201 Å². The fourth-order valence-corrected chi connectivity index (χ4v) is 3.58. The molecule has 0 saturated carbocycles. The Morgan fingerprint density at radius 2 is 1.84 bits per heavy atom. The second kappa shape index (κ2) is 12.8. The van der Waals surface area contributed by atoms with Gasteiger partial charge in [0.05, 0.1) is 19.3 Å². The van der Waals surface area contributed by atoms with Gasteiger partial charge in [-0.05, 0) is 35.4 Å². The van der Waals surface area contributed by atoms with Crippen LogP contribution in [-0.4, -0.2) is 64.9 Å². The third-order valence-electron chi connectivity index (χ3n) is 5.31. The predicted molar refractivity (Wildman–Crippen MR) is 136 cm³/mol. The van der Waals surface area contributed by atoms with Gasteiger partial charge in [-0.2, -0.15) is 0 Å². The minimum atomic E-state index is -0.218. The molecule has 1 fully saturated rings. The Morgan fingerprint density at radius 1 is 1.13 bits per heavy atom. The average molecular weight is 541 g/mol. The van der Waals surface area contributed by atoms with Gasteiger partial charge >= 0.3 is 0 Å². The van der Waals surface area contributed by atoms with E-state index in [4.69, 9.17) is 4.74 Å². The van der Waals surface area contributed by atoms with Crippen molar-refractivity contribution in [3.8, 4) is 0 Å². The lowest BCUT2D eigenvalue weighted by Crippen LogP contribution is -2.46. The van der Waals surface area contributed by atoms with Crippen molar-refractivity contribution in [1.29, 1.82) is 0 Å². The summed E-state index contributed by atoms with van der Waals surface area (Å²) in [6, 6.07) is 15.3. The first-order valence-corrected chi connectivity index (χ1v) is 10.3. The Hall–Kier alpha value is -1.91. The van der Waals surface area contributed by atoms with Crippen LogP contribution in [0.1, 0.15) is 17.2 Å². The first kappa shape index (κ1) is 25.4. The summed E-state index contributed by atoms with van der Waals surface area (Å²) in [6.07, 6.45) is 0. The lowest BCUT2D eigenvalue weighted by atomic mass is 10.0. The SMILES string of the molecule is CN=C(NCc1cccc(N(C)C)c1)NCC(c1ccc(F)cc1)N1CCOCC1.I. The third-order valence-corrected chi connectivity index (χ3v) is 5.31. The number of rotatable bonds is 7. The van der Waals surface area contributed by atoms with Crippen LogP contribution in [0.4, 0.5) is 10.1 Å². The lowest BCUT2D eigenvalue weighted by molar-refractivity contribution is 0.0170. The van der Waals surface area contributed by atoms with E-state index >= 15 is 0 Å². The molecule has 1 aliphatic rings. The van der Waals surface area contributed by atoms with Crippen molar-refractivity contribution in [2.24, 2.45) is 4.99 Å². The largest absolute Gasteiger partial charge is 0.379 e. The number of hydrogen-bond acceptors (Lipinski definition) is 4. The molecular formula is C23H33FIN5O. The van der Waals surface area contributed by atoms with E-state index in [2.05, 4.69) is 49.7 Å². The molecule has 1 unspecified atom stereocenters. The van der Waals surface area contributed by atoms with Gasteiger partial charge in [0.2, 0.25) is 0 Å². The first-order chi connectivity index (χ1) is 14.6. The fraction of sp³-hybridized carbons (Fsp3) is 0.435. The van der Waals surface area contributed by atoms with E-state index in [0.717, 1.165) is 24.6 Å². The molecule has 0 aromatic heterocycles. The molecular weight excluding hydrogens is 508 g/mol. The number of hydrogen-bond donors (Lipinski definition) is 2. The number of guanidine groups is 1. The number of anilines is 1. The minimum absolute atomic E-state index is 0. The first-order valence-electron chi connectivity index (χ1n) is 10.3. The lowest BCUT2D eigenvalue weighted by Gasteiger charge is -2.35. The highest BCUT2D eigenvalue weighted by Gasteiger charge is 2.23. The molecule has 0 aliphatic carbocycles. The number of halogens is 2. The van der Waals surface area contributed by atoms with Crippen molar-refractivity contribution in [2.75, 3.05) is 58.9 Å².